The van der Waals surface area contributed by atoms with Crippen molar-refractivity contribution >= 4 is 23.2 Å². The second-order valence-corrected chi connectivity index (χ2v) is 7.14. The standard InChI is InChI=1S/C16H27N5OS/c1-5-13-10-18-14(23-13)11-19-16(17-4)21-8-6-20(7-9-21)15(22)12(2)3/h10,12H,5-9,11H2,1-4H3,(H,17,19). The molecule has 128 valence electrons. The van der Waals surface area contributed by atoms with Crippen molar-refractivity contribution in [2.45, 2.75) is 33.7 Å². The third-order valence-electron chi connectivity index (χ3n) is 3.94. The first-order valence-corrected chi connectivity index (χ1v) is 9.04. The minimum Gasteiger partial charge on any atom is -0.350 e. The number of hydrogen-bond donors (Lipinski definition) is 1. The van der Waals surface area contributed by atoms with E-state index < -0.39 is 0 Å². The van der Waals surface area contributed by atoms with Crippen LogP contribution in [-0.2, 0) is 17.8 Å². The molecule has 0 spiro atoms. The van der Waals surface area contributed by atoms with E-state index in [0.29, 0.717) is 6.54 Å². The maximum absolute atomic E-state index is 12.0. The van der Waals surface area contributed by atoms with Crippen molar-refractivity contribution in [3.8, 4) is 0 Å². The molecule has 23 heavy (non-hydrogen) atoms. The average molecular weight is 337 g/mol. The van der Waals surface area contributed by atoms with Crippen molar-refractivity contribution in [2.24, 2.45) is 10.9 Å². The van der Waals surface area contributed by atoms with E-state index in [-0.39, 0.29) is 11.8 Å². The van der Waals surface area contributed by atoms with Crippen LogP contribution >= 0.6 is 11.3 Å². The van der Waals surface area contributed by atoms with E-state index in [4.69, 9.17) is 0 Å². The molecule has 1 amide bonds. The second kappa shape index (κ2) is 8.29. The Morgan fingerprint density at radius 2 is 2.00 bits per heavy atom. The van der Waals surface area contributed by atoms with Gasteiger partial charge in [0.2, 0.25) is 5.91 Å². The summed E-state index contributed by atoms with van der Waals surface area (Å²) >= 11 is 1.74. The van der Waals surface area contributed by atoms with Gasteiger partial charge in [-0.25, -0.2) is 4.98 Å². The Morgan fingerprint density at radius 1 is 1.35 bits per heavy atom. The van der Waals surface area contributed by atoms with Gasteiger partial charge in [0.1, 0.15) is 5.01 Å². The molecule has 2 heterocycles. The number of nitrogens with one attached hydrogen (secondary N) is 1. The predicted octanol–water partition coefficient (Wildman–Crippen LogP) is 1.58. The van der Waals surface area contributed by atoms with Gasteiger partial charge in [0.05, 0.1) is 6.54 Å². The lowest BCUT2D eigenvalue weighted by molar-refractivity contribution is -0.135. The van der Waals surface area contributed by atoms with Crippen molar-refractivity contribution in [3.63, 3.8) is 0 Å². The van der Waals surface area contributed by atoms with Gasteiger partial charge < -0.3 is 15.1 Å². The zero-order chi connectivity index (χ0) is 16.8. The first-order valence-electron chi connectivity index (χ1n) is 8.23. The molecule has 0 aromatic carbocycles. The molecule has 2 rings (SSSR count). The molecule has 0 aliphatic carbocycles. The molecule has 0 unspecified atom stereocenters. The molecule has 0 radical (unpaired) electrons. The van der Waals surface area contributed by atoms with E-state index in [1.54, 1.807) is 18.4 Å². The number of piperazine rings is 1. The number of aryl methyl sites for hydroxylation is 1. The molecule has 1 aliphatic rings. The van der Waals surface area contributed by atoms with Gasteiger partial charge in [-0.1, -0.05) is 20.8 Å². The van der Waals surface area contributed by atoms with Crippen molar-refractivity contribution in [1.82, 2.24) is 20.1 Å². The first-order chi connectivity index (χ1) is 11.0. The van der Waals surface area contributed by atoms with Crippen LogP contribution < -0.4 is 5.32 Å². The number of carbonyl (C=O) groups excluding carboxylic acids is 1. The molecule has 1 fully saturated rings. The Morgan fingerprint density at radius 3 is 2.52 bits per heavy atom. The molecule has 7 heteroatoms. The van der Waals surface area contributed by atoms with Gasteiger partial charge in [0.15, 0.2) is 5.96 Å². The van der Waals surface area contributed by atoms with Gasteiger partial charge in [-0.2, -0.15) is 0 Å². The monoisotopic (exact) mass is 337 g/mol. The van der Waals surface area contributed by atoms with Crippen LogP contribution in [0.5, 0.6) is 0 Å². The summed E-state index contributed by atoms with van der Waals surface area (Å²) in [5.41, 5.74) is 0. The minimum absolute atomic E-state index is 0.0663. The highest BCUT2D eigenvalue weighted by atomic mass is 32.1. The third kappa shape index (κ3) is 4.67. The Kier molecular flexibility index (Phi) is 6.38. The Hall–Kier alpha value is -1.63. The van der Waals surface area contributed by atoms with Gasteiger partial charge in [-0.3, -0.25) is 9.79 Å². The summed E-state index contributed by atoms with van der Waals surface area (Å²) in [5.74, 6) is 1.19. The highest BCUT2D eigenvalue weighted by Crippen LogP contribution is 2.13. The lowest BCUT2D eigenvalue weighted by Crippen LogP contribution is -2.54. The van der Waals surface area contributed by atoms with Crippen LogP contribution in [0.25, 0.3) is 0 Å². The number of carbonyl (C=O) groups is 1. The van der Waals surface area contributed by atoms with E-state index in [1.165, 1.54) is 4.88 Å². The lowest BCUT2D eigenvalue weighted by atomic mass is 10.1. The number of amides is 1. The van der Waals surface area contributed by atoms with Crippen molar-refractivity contribution in [1.29, 1.82) is 0 Å². The van der Waals surface area contributed by atoms with E-state index >= 15 is 0 Å². The summed E-state index contributed by atoms with van der Waals surface area (Å²) in [6.45, 7) is 9.89. The number of thiazole rings is 1. The highest BCUT2D eigenvalue weighted by Gasteiger charge is 2.24. The summed E-state index contributed by atoms with van der Waals surface area (Å²) in [5, 5.41) is 4.46. The van der Waals surface area contributed by atoms with Crippen molar-refractivity contribution in [2.75, 3.05) is 33.2 Å². The number of nitrogens with zero attached hydrogens (tertiary/aromatic N) is 4. The second-order valence-electron chi connectivity index (χ2n) is 5.94. The number of guanidine groups is 1. The van der Waals surface area contributed by atoms with Gasteiger partial charge in [-0.15, -0.1) is 11.3 Å². The van der Waals surface area contributed by atoms with Crippen LogP contribution in [0.3, 0.4) is 0 Å². The third-order valence-corrected chi connectivity index (χ3v) is 5.09. The number of aromatic nitrogens is 1. The first kappa shape index (κ1) is 17.7. The Labute approximate surface area is 142 Å². The molecule has 0 bridgehead atoms. The topological polar surface area (TPSA) is 60.8 Å². The predicted molar refractivity (Wildman–Crippen MR) is 94.7 cm³/mol. The summed E-state index contributed by atoms with van der Waals surface area (Å²) in [4.78, 5) is 26.3. The molecule has 6 nitrogen and oxygen atoms in total. The summed E-state index contributed by atoms with van der Waals surface area (Å²) < 4.78 is 0. The van der Waals surface area contributed by atoms with Crippen LogP contribution in [0.4, 0.5) is 0 Å². The molecule has 1 saturated heterocycles. The maximum atomic E-state index is 12.0. The fraction of sp³-hybridized carbons (Fsp3) is 0.688. The molecular weight excluding hydrogens is 310 g/mol. The van der Waals surface area contributed by atoms with Gasteiger partial charge in [0, 0.05) is 50.2 Å². The molecule has 0 atom stereocenters. The molecule has 1 aromatic rings. The fourth-order valence-electron chi connectivity index (χ4n) is 2.58. The van der Waals surface area contributed by atoms with Crippen molar-refractivity contribution in [3.05, 3.63) is 16.1 Å². The van der Waals surface area contributed by atoms with Gasteiger partial charge in [-0.05, 0) is 6.42 Å². The quantitative estimate of drug-likeness (QED) is 0.669. The Balaban J connectivity index is 1.84. The van der Waals surface area contributed by atoms with Gasteiger partial charge >= 0.3 is 0 Å². The van der Waals surface area contributed by atoms with Crippen molar-refractivity contribution < 1.29 is 4.79 Å². The fourth-order valence-corrected chi connectivity index (χ4v) is 3.39. The number of rotatable bonds is 4. The molecule has 0 saturated carbocycles. The molecule has 1 aliphatic heterocycles. The largest absolute Gasteiger partial charge is 0.350 e. The van der Waals surface area contributed by atoms with Crippen LogP contribution in [0, 0.1) is 5.92 Å². The van der Waals surface area contributed by atoms with Crippen LogP contribution in [0.15, 0.2) is 11.2 Å². The van der Waals surface area contributed by atoms with E-state index in [1.807, 2.05) is 24.9 Å². The van der Waals surface area contributed by atoms with E-state index in [2.05, 4.69) is 27.1 Å². The highest BCUT2D eigenvalue weighted by molar-refractivity contribution is 7.11. The minimum atomic E-state index is 0.0663. The zero-order valence-corrected chi connectivity index (χ0v) is 15.3. The lowest BCUT2D eigenvalue weighted by Gasteiger charge is -2.37. The van der Waals surface area contributed by atoms with Crippen LogP contribution in [0.1, 0.15) is 30.7 Å². The van der Waals surface area contributed by atoms with E-state index in [9.17, 15) is 4.79 Å². The Bertz CT molecular complexity index is 546. The molecular formula is C16H27N5OS. The molecule has 1 aromatic heterocycles. The van der Waals surface area contributed by atoms with E-state index in [0.717, 1.165) is 43.6 Å². The van der Waals surface area contributed by atoms with Gasteiger partial charge in [0.25, 0.3) is 0 Å². The summed E-state index contributed by atoms with van der Waals surface area (Å²) in [6.07, 6.45) is 2.97. The molecule has 1 N–H and O–H groups in total. The smallest absolute Gasteiger partial charge is 0.225 e. The van der Waals surface area contributed by atoms with Crippen LogP contribution in [0.2, 0.25) is 0 Å². The maximum Gasteiger partial charge on any atom is 0.225 e. The normalized spacial score (nSPS) is 16.1. The summed E-state index contributed by atoms with van der Waals surface area (Å²) in [6, 6.07) is 0. The van der Waals surface area contributed by atoms with Crippen LogP contribution in [-0.4, -0.2) is 59.9 Å². The summed E-state index contributed by atoms with van der Waals surface area (Å²) in [7, 11) is 1.80. The number of hydrogen-bond acceptors (Lipinski definition) is 4. The number of aliphatic imine (C=N–C) groups is 1. The zero-order valence-electron chi connectivity index (χ0n) is 14.5. The SMILES string of the molecule is CCc1cnc(CNC(=NC)N2CCN(C(=O)C(C)C)CC2)s1. The average Bonchev–Trinajstić information content (AvgIpc) is 3.03.